The van der Waals surface area contributed by atoms with E-state index in [4.69, 9.17) is 13.9 Å². The lowest BCUT2D eigenvalue weighted by atomic mass is 10.1. The fraction of sp³-hybridized carbons (Fsp3) is 0.0870. The Bertz CT molecular complexity index is 1650. The van der Waals surface area contributed by atoms with Crippen LogP contribution in [0.1, 0.15) is 5.76 Å². The van der Waals surface area contributed by atoms with E-state index in [0.717, 1.165) is 0 Å². The number of methoxy groups -OCH3 is 2. The van der Waals surface area contributed by atoms with Crippen LogP contribution in [0.5, 0.6) is 11.5 Å². The predicted octanol–water partition coefficient (Wildman–Crippen LogP) is 3.55. The summed E-state index contributed by atoms with van der Waals surface area (Å²) in [5.41, 5.74) is 0.897. The second-order valence-corrected chi connectivity index (χ2v) is 8.13. The topological polar surface area (TPSA) is 122 Å². The summed E-state index contributed by atoms with van der Waals surface area (Å²) in [4.78, 5) is 28.3. The molecule has 0 saturated carbocycles. The molecule has 0 radical (unpaired) electrons. The van der Waals surface area contributed by atoms with Crippen LogP contribution in [0.2, 0.25) is 0 Å². The summed E-state index contributed by atoms with van der Waals surface area (Å²) in [6.07, 6.45) is 1.60. The molecule has 2 aromatic carbocycles. The number of nitro benzene ring substituents is 1. The van der Waals surface area contributed by atoms with Crippen molar-refractivity contribution in [3.8, 4) is 34.2 Å². The van der Waals surface area contributed by atoms with Gasteiger partial charge in [0.05, 0.1) is 19.1 Å². The second kappa shape index (κ2) is 8.45. The highest BCUT2D eigenvalue weighted by atomic mass is 32.1. The van der Waals surface area contributed by atoms with Crippen molar-refractivity contribution in [2.45, 2.75) is 0 Å². The minimum absolute atomic E-state index is 0.0305. The third-order valence-electron chi connectivity index (χ3n) is 5.07. The van der Waals surface area contributed by atoms with Gasteiger partial charge in [-0.15, -0.1) is 5.10 Å². The lowest BCUT2D eigenvalue weighted by Gasteiger charge is -2.07. The number of non-ortho nitro benzene ring substituents is 1. The van der Waals surface area contributed by atoms with E-state index < -0.39 is 4.92 Å². The summed E-state index contributed by atoms with van der Waals surface area (Å²) in [5, 5.41) is 15.4. The van der Waals surface area contributed by atoms with Crippen molar-refractivity contribution in [2.75, 3.05) is 14.2 Å². The second-order valence-electron chi connectivity index (χ2n) is 7.12. The number of fused-ring (bicyclic) bond motifs is 1. The zero-order valence-corrected chi connectivity index (χ0v) is 18.7. The maximum atomic E-state index is 12.9. The molecule has 3 heterocycles. The molecular formula is C23H16N4O6S. The van der Waals surface area contributed by atoms with E-state index in [-0.39, 0.29) is 11.2 Å². The van der Waals surface area contributed by atoms with Gasteiger partial charge in [-0.1, -0.05) is 23.5 Å². The molecule has 0 saturated heterocycles. The highest BCUT2D eigenvalue weighted by molar-refractivity contribution is 7.15. The summed E-state index contributed by atoms with van der Waals surface area (Å²) < 4.78 is 18.0. The molecular weight excluding hydrogens is 460 g/mol. The van der Waals surface area contributed by atoms with E-state index in [2.05, 4.69) is 10.1 Å². The van der Waals surface area contributed by atoms with Gasteiger partial charge in [0.25, 0.3) is 11.2 Å². The van der Waals surface area contributed by atoms with Gasteiger partial charge in [-0.2, -0.15) is 9.50 Å². The zero-order valence-electron chi connectivity index (χ0n) is 17.9. The molecule has 0 aliphatic rings. The van der Waals surface area contributed by atoms with Gasteiger partial charge in [-0.05, 0) is 30.3 Å². The van der Waals surface area contributed by atoms with Crippen LogP contribution in [0.15, 0.2) is 63.8 Å². The monoisotopic (exact) mass is 476 g/mol. The van der Waals surface area contributed by atoms with Crippen LogP contribution < -0.4 is 19.6 Å². The van der Waals surface area contributed by atoms with Crippen LogP contribution in [-0.4, -0.2) is 33.7 Å². The Hall–Kier alpha value is -4.51. The number of hydrogen-bond acceptors (Lipinski definition) is 9. The maximum Gasteiger partial charge on any atom is 0.291 e. The van der Waals surface area contributed by atoms with Crippen LogP contribution >= 0.6 is 11.3 Å². The van der Waals surface area contributed by atoms with E-state index in [1.807, 2.05) is 0 Å². The third-order valence-corrected chi connectivity index (χ3v) is 6.02. The Balaban J connectivity index is 1.48. The van der Waals surface area contributed by atoms with Gasteiger partial charge >= 0.3 is 0 Å². The SMILES string of the molecule is COc1ccc(-c2nc3sc(=Cc4ccc(-c5cccc([N+](=O)[O-])c5)o4)c(=O)n3n2)cc1OC. The van der Waals surface area contributed by atoms with E-state index >= 15 is 0 Å². The molecule has 0 aliphatic heterocycles. The van der Waals surface area contributed by atoms with Crippen molar-refractivity contribution in [1.29, 1.82) is 0 Å². The van der Waals surface area contributed by atoms with Gasteiger partial charge in [-0.3, -0.25) is 14.9 Å². The fourth-order valence-electron chi connectivity index (χ4n) is 3.42. The fourth-order valence-corrected chi connectivity index (χ4v) is 4.31. The van der Waals surface area contributed by atoms with Crippen LogP contribution in [0, 0.1) is 10.1 Å². The largest absolute Gasteiger partial charge is 0.493 e. The highest BCUT2D eigenvalue weighted by Crippen LogP contribution is 2.31. The average Bonchev–Trinajstić information content (AvgIpc) is 3.56. The first-order chi connectivity index (χ1) is 16.5. The molecule has 0 spiro atoms. The van der Waals surface area contributed by atoms with E-state index in [1.54, 1.807) is 55.7 Å². The van der Waals surface area contributed by atoms with Crippen molar-refractivity contribution < 1.29 is 18.8 Å². The molecule has 5 rings (SSSR count). The molecule has 0 N–H and O–H groups in total. The average molecular weight is 476 g/mol. The van der Waals surface area contributed by atoms with Crippen molar-refractivity contribution in [1.82, 2.24) is 14.6 Å². The van der Waals surface area contributed by atoms with Gasteiger partial charge in [0.2, 0.25) is 4.96 Å². The number of nitrogens with zero attached hydrogens (tertiary/aromatic N) is 4. The Kier molecular flexibility index (Phi) is 5.30. The number of nitro groups is 1. The van der Waals surface area contributed by atoms with Crippen molar-refractivity contribution in [3.05, 3.63) is 85.4 Å². The van der Waals surface area contributed by atoms with Gasteiger partial charge in [-0.25, -0.2) is 0 Å². The van der Waals surface area contributed by atoms with Crippen LogP contribution in [0.4, 0.5) is 5.69 Å². The number of thiazole rings is 1. The van der Waals surface area contributed by atoms with Crippen molar-refractivity contribution >= 4 is 28.1 Å². The molecule has 0 bridgehead atoms. The maximum absolute atomic E-state index is 12.9. The summed E-state index contributed by atoms with van der Waals surface area (Å²) in [6.45, 7) is 0. The molecule has 11 heteroatoms. The minimum atomic E-state index is -0.464. The van der Waals surface area contributed by atoms with Gasteiger partial charge in [0, 0.05) is 29.3 Å². The van der Waals surface area contributed by atoms with Crippen molar-refractivity contribution in [3.63, 3.8) is 0 Å². The Morgan fingerprint density at radius 2 is 1.88 bits per heavy atom. The number of aromatic nitrogens is 3. The van der Waals surface area contributed by atoms with E-state index in [1.165, 1.54) is 35.1 Å². The first-order valence-corrected chi connectivity index (χ1v) is 10.8. The van der Waals surface area contributed by atoms with Crippen LogP contribution in [0.3, 0.4) is 0 Å². The summed E-state index contributed by atoms with van der Waals surface area (Å²) in [6, 6.07) is 14.8. The van der Waals surface area contributed by atoms with Gasteiger partial charge in [0.1, 0.15) is 16.1 Å². The smallest absolute Gasteiger partial charge is 0.291 e. The number of furan rings is 1. The zero-order chi connectivity index (χ0) is 23.8. The molecule has 3 aromatic heterocycles. The molecule has 0 unspecified atom stereocenters. The number of hydrogen-bond donors (Lipinski definition) is 0. The number of benzene rings is 2. The molecule has 5 aromatic rings. The van der Waals surface area contributed by atoms with Crippen LogP contribution in [0.25, 0.3) is 33.7 Å². The molecule has 0 atom stereocenters. The summed E-state index contributed by atoms with van der Waals surface area (Å²) in [5.74, 6) is 2.39. The Labute approximate surface area is 195 Å². The first kappa shape index (κ1) is 21.3. The summed E-state index contributed by atoms with van der Waals surface area (Å²) >= 11 is 1.18. The van der Waals surface area contributed by atoms with E-state index in [9.17, 15) is 14.9 Å². The summed E-state index contributed by atoms with van der Waals surface area (Å²) in [7, 11) is 3.09. The number of ether oxygens (including phenoxy) is 2. The molecule has 0 amide bonds. The molecule has 34 heavy (non-hydrogen) atoms. The van der Waals surface area contributed by atoms with E-state index in [0.29, 0.717) is 49.5 Å². The van der Waals surface area contributed by atoms with Gasteiger partial charge in [0.15, 0.2) is 17.3 Å². The molecule has 10 nitrogen and oxygen atoms in total. The lowest BCUT2D eigenvalue weighted by molar-refractivity contribution is -0.384. The van der Waals surface area contributed by atoms with Gasteiger partial charge < -0.3 is 13.9 Å². The Morgan fingerprint density at radius 1 is 1.06 bits per heavy atom. The molecule has 0 aliphatic carbocycles. The predicted molar refractivity (Wildman–Crippen MR) is 125 cm³/mol. The normalized spacial score (nSPS) is 11.8. The van der Waals surface area contributed by atoms with Crippen LogP contribution in [-0.2, 0) is 0 Å². The highest BCUT2D eigenvalue weighted by Gasteiger charge is 2.15. The molecule has 170 valence electrons. The number of rotatable bonds is 6. The lowest BCUT2D eigenvalue weighted by Crippen LogP contribution is -2.23. The minimum Gasteiger partial charge on any atom is -0.493 e. The quantitative estimate of drug-likeness (QED) is 0.269. The van der Waals surface area contributed by atoms with Crippen molar-refractivity contribution in [2.24, 2.45) is 0 Å². The standard InChI is InChI=1S/C23H16N4O6S/c1-31-18-8-6-14(11-19(18)32-2)21-24-23-26(25-21)22(28)20(34-23)12-16-7-9-17(33-16)13-4-3-5-15(10-13)27(29)30/h3-12H,1-2H3. The third kappa shape index (κ3) is 3.77. The first-order valence-electron chi connectivity index (χ1n) is 9.95. The molecule has 0 fully saturated rings. The Morgan fingerprint density at radius 3 is 2.62 bits per heavy atom.